The van der Waals surface area contributed by atoms with Gasteiger partial charge >= 0.3 is 0 Å². The number of phenolic OH excluding ortho intramolecular Hbond substituents is 1. The van der Waals surface area contributed by atoms with Crippen molar-refractivity contribution in [3.63, 3.8) is 0 Å². The molecule has 0 aliphatic carbocycles. The molecule has 3 aromatic rings. The number of thioether (sulfide) groups is 1. The Morgan fingerprint density at radius 1 is 0.892 bits per heavy atom. The van der Waals surface area contributed by atoms with E-state index in [1.807, 2.05) is 0 Å². The van der Waals surface area contributed by atoms with Crippen molar-refractivity contribution in [3.05, 3.63) is 64.6 Å². The largest absolute Gasteiger partial charge is 0.508 e. The van der Waals surface area contributed by atoms with Gasteiger partial charge in [-0.1, -0.05) is 17.8 Å². The molecule has 0 saturated heterocycles. The van der Waals surface area contributed by atoms with Gasteiger partial charge in [-0.3, -0.25) is 4.79 Å². The quantitative estimate of drug-likeness (QED) is 0.396. The molecule has 1 aliphatic rings. The van der Waals surface area contributed by atoms with Gasteiger partial charge in [0.2, 0.25) is 0 Å². The van der Waals surface area contributed by atoms with Gasteiger partial charge in [0.25, 0.3) is 5.91 Å². The Hall–Kier alpha value is -3.83. The number of amides is 1. The third-order valence-electron chi connectivity index (χ3n) is 5.67. The molecule has 0 spiro atoms. The SMILES string of the molecule is COc1cc(O)cc(OC)c1C=C1Sc2cc(S(=O)(=O)Cc3c(OC)cccc3OC)ccc2NC1=O. The smallest absolute Gasteiger partial charge is 0.262 e. The summed E-state index contributed by atoms with van der Waals surface area (Å²) in [6, 6.07) is 12.4. The van der Waals surface area contributed by atoms with Crippen molar-refractivity contribution in [1.82, 2.24) is 0 Å². The van der Waals surface area contributed by atoms with Crippen molar-refractivity contribution in [3.8, 4) is 28.7 Å². The van der Waals surface area contributed by atoms with E-state index >= 15 is 0 Å². The number of fused-ring (bicyclic) bond motifs is 1. The van der Waals surface area contributed by atoms with E-state index in [-0.39, 0.29) is 27.2 Å². The zero-order valence-corrected chi connectivity index (χ0v) is 22.2. The summed E-state index contributed by atoms with van der Waals surface area (Å²) in [5.41, 5.74) is 1.36. The Morgan fingerprint density at radius 2 is 1.49 bits per heavy atom. The van der Waals surface area contributed by atoms with Crippen LogP contribution in [0.25, 0.3) is 6.08 Å². The molecule has 0 unspecified atom stereocenters. The predicted octanol–water partition coefficient (Wildman–Crippen LogP) is 4.49. The maximum Gasteiger partial charge on any atom is 0.262 e. The number of phenols is 1. The van der Waals surface area contributed by atoms with E-state index in [1.165, 1.54) is 52.7 Å². The predicted molar refractivity (Wildman–Crippen MR) is 141 cm³/mol. The third-order valence-corrected chi connectivity index (χ3v) is 8.39. The fraction of sp³-hybridized carbons (Fsp3) is 0.192. The minimum Gasteiger partial charge on any atom is -0.508 e. The summed E-state index contributed by atoms with van der Waals surface area (Å²) < 4.78 is 48.2. The lowest BCUT2D eigenvalue weighted by molar-refractivity contribution is -0.112. The van der Waals surface area contributed by atoms with Crippen LogP contribution in [0.5, 0.6) is 28.7 Å². The molecular formula is C26H25NO8S2. The second-order valence-electron chi connectivity index (χ2n) is 7.89. The van der Waals surface area contributed by atoms with E-state index in [9.17, 15) is 18.3 Å². The number of benzene rings is 3. The number of anilines is 1. The summed E-state index contributed by atoms with van der Waals surface area (Å²) in [4.78, 5) is 13.7. The Morgan fingerprint density at radius 3 is 2.05 bits per heavy atom. The molecule has 11 heteroatoms. The molecule has 194 valence electrons. The number of nitrogens with one attached hydrogen (secondary N) is 1. The zero-order chi connectivity index (χ0) is 26.7. The van der Waals surface area contributed by atoms with E-state index in [0.717, 1.165) is 11.8 Å². The lowest BCUT2D eigenvalue weighted by Crippen LogP contribution is -2.18. The maximum atomic E-state index is 13.4. The lowest BCUT2D eigenvalue weighted by atomic mass is 10.1. The molecule has 0 atom stereocenters. The highest BCUT2D eigenvalue weighted by atomic mass is 32.2. The van der Waals surface area contributed by atoms with Crippen LogP contribution in [0.15, 0.2) is 63.2 Å². The number of carbonyl (C=O) groups is 1. The van der Waals surface area contributed by atoms with Gasteiger partial charge in [0, 0.05) is 17.0 Å². The van der Waals surface area contributed by atoms with Gasteiger partial charge in [-0.15, -0.1) is 0 Å². The highest BCUT2D eigenvalue weighted by Gasteiger charge is 2.27. The fourth-order valence-electron chi connectivity index (χ4n) is 3.87. The lowest BCUT2D eigenvalue weighted by Gasteiger charge is -2.20. The highest BCUT2D eigenvalue weighted by molar-refractivity contribution is 8.04. The van der Waals surface area contributed by atoms with E-state index in [1.54, 1.807) is 30.3 Å². The number of rotatable bonds is 8. The first-order valence-corrected chi connectivity index (χ1v) is 13.4. The average Bonchev–Trinajstić information content (AvgIpc) is 2.89. The molecule has 1 aliphatic heterocycles. The van der Waals surface area contributed by atoms with Gasteiger partial charge in [-0.05, 0) is 36.4 Å². The number of sulfone groups is 1. The standard InChI is InChI=1S/C26H25NO8S2/c1-32-20-6-5-7-21(33-2)18(20)14-37(30,31)16-8-9-19-24(12-16)36-25(26(29)27-19)13-17-22(34-3)10-15(28)11-23(17)35-4/h5-13,28H,14H2,1-4H3,(H,27,29). The number of hydrogen-bond acceptors (Lipinski definition) is 9. The number of methoxy groups -OCH3 is 4. The first-order chi connectivity index (χ1) is 17.7. The molecule has 0 bridgehead atoms. The van der Waals surface area contributed by atoms with Crippen LogP contribution in [0.2, 0.25) is 0 Å². The van der Waals surface area contributed by atoms with E-state index in [2.05, 4.69) is 5.32 Å². The third kappa shape index (κ3) is 5.32. The maximum absolute atomic E-state index is 13.4. The van der Waals surface area contributed by atoms with Crippen LogP contribution < -0.4 is 24.3 Å². The second-order valence-corrected chi connectivity index (χ2v) is 11.0. The van der Waals surface area contributed by atoms with Gasteiger partial charge in [0.05, 0.1) is 60.8 Å². The number of hydrogen-bond donors (Lipinski definition) is 2. The Balaban J connectivity index is 1.71. The van der Waals surface area contributed by atoms with Crippen molar-refractivity contribution in [1.29, 1.82) is 0 Å². The number of aromatic hydroxyl groups is 1. The molecule has 0 saturated carbocycles. The molecule has 0 fully saturated rings. The van der Waals surface area contributed by atoms with Crippen molar-refractivity contribution < 1.29 is 37.3 Å². The van der Waals surface area contributed by atoms with E-state index in [4.69, 9.17) is 18.9 Å². The number of carbonyl (C=O) groups excluding carboxylic acids is 1. The molecule has 2 N–H and O–H groups in total. The zero-order valence-electron chi connectivity index (χ0n) is 20.5. The number of ether oxygens (including phenoxy) is 4. The summed E-state index contributed by atoms with van der Waals surface area (Å²) in [7, 11) is 2.01. The molecule has 3 aromatic carbocycles. The summed E-state index contributed by atoms with van der Waals surface area (Å²) in [5.74, 6) is 0.679. The van der Waals surface area contributed by atoms with Crippen LogP contribution in [-0.4, -0.2) is 47.9 Å². The average molecular weight is 544 g/mol. The van der Waals surface area contributed by atoms with Crippen LogP contribution in [0.4, 0.5) is 5.69 Å². The molecule has 0 aromatic heterocycles. The fourth-order valence-corrected chi connectivity index (χ4v) is 6.32. The highest BCUT2D eigenvalue weighted by Crippen LogP contribution is 2.43. The van der Waals surface area contributed by atoms with Crippen LogP contribution in [0.3, 0.4) is 0 Å². The van der Waals surface area contributed by atoms with Crippen molar-refractivity contribution in [2.75, 3.05) is 33.8 Å². The van der Waals surface area contributed by atoms with Gasteiger partial charge < -0.3 is 29.4 Å². The van der Waals surface area contributed by atoms with Gasteiger partial charge in [-0.25, -0.2) is 8.42 Å². The summed E-state index contributed by atoms with van der Waals surface area (Å²) in [6.45, 7) is 0. The molecule has 0 radical (unpaired) electrons. The first kappa shape index (κ1) is 26.2. The summed E-state index contributed by atoms with van der Waals surface area (Å²) in [5, 5.41) is 12.7. The molecule has 1 heterocycles. The van der Waals surface area contributed by atoms with Crippen molar-refractivity contribution >= 4 is 39.3 Å². The molecule has 37 heavy (non-hydrogen) atoms. The van der Waals surface area contributed by atoms with Crippen LogP contribution in [-0.2, 0) is 20.4 Å². The van der Waals surface area contributed by atoms with Crippen molar-refractivity contribution in [2.45, 2.75) is 15.5 Å². The van der Waals surface area contributed by atoms with Crippen LogP contribution in [0.1, 0.15) is 11.1 Å². The summed E-state index contributed by atoms with van der Waals surface area (Å²) >= 11 is 1.12. The van der Waals surface area contributed by atoms with E-state index < -0.39 is 9.84 Å². The minimum absolute atomic E-state index is 0.0523. The minimum atomic E-state index is -3.80. The van der Waals surface area contributed by atoms with Gasteiger partial charge in [0.1, 0.15) is 28.7 Å². The molecular weight excluding hydrogens is 518 g/mol. The summed E-state index contributed by atoms with van der Waals surface area (Å²) in [6.07, 6.45) is 1.57. The van der Waals surface area contributed by atoms with Gasteiger partial charge in [0.15, 0.2) is 9.84 Å². The van der Waals surface area contributed by atoms with Crippen LogP contribution >= 0.6 is 11.8 Å². The molecule has 9 nitrogen and oxygen atoms in total. The Labute approximate surface area is 218 Å². The Bertz CT molecular complexity index is 1450. The van der Waals surface area contributed by atoms with Gasteiger partial charge in [-0.2, -0.15) is 0 Å². The molecule has 1 amide bonds. The molecule has 4 rings (SSSR count). The van der Waals surface area contributed by atoms with Crippen LogP contribution in [0, 0.1) is 0 Å². The van der Waals surface area contributed by atoms with E-state index in [0.29, 0.717) is 44.7 Å². The van der Waals surface area contributed by atoms with Crippen molar-refractivity contribution in [2.24, 2.45) is 0 Å². The first-order valence-electron chi connectivity index (χ1n) is 10.9. The normalized spacial score (nSPS) is 14.1. The Kier molecular flexibility index (Phi) is 7.55. The topological polar surface area (TPSA) is 120 Å². The monoisotopic (exact) mass is 543 g/mol. The second kappa shape index (κ2) is 10.7.